The summed E-state index contributed by atoms with van der Waals surface area (Å²) in [6, 6.07) is 3.68. The van der Waals surface area contributed by atoms with Gasteiger partial charge in [0.15, 0.2) is 5.82 Å². The van der Waals surface area contributed by atoms with E-state index in [4.69, 9.17) is 0 Å². The Morgan fingerprint density at radius 3 is 2.85 bits per heavy atom. The third-order valence-electron chi connectivity index (χ3n) is 2.48. The Kier molecular flexibility index (Phi) is 3.88. The van der Waals surface area contributed by atoms with E-state index in [0.29, 0.717) is 11.5 Å². The van der Waals surface area contributed by atoms with Crippen molar-refractivity contribution in [2.75, 3.05) is 5.43 Å². The first-order valence-corrected chi connectivity index (χ1v) is 6.13. The lowest BCUT2D eigenvalue weighted by Gasteiger charge is -2.18. The first-order valence-electron chi connectivity index (χ1n) is 6.13. The highest BCUT2D eigenvalue weighted by Crippen LogP contribution is 2.24. The second kappa shape index (κ2) is 5.60. The molecule has 0 atom stereocenters. The van der Waals surface area contributed by atoms with E-state index in [-0.39, 0.29) is 5.41 Å². The molecule has 7 heteroatoms. The predicted octanol–water partition coefficient (Wildman–Crippen LogP) is 1.30. The maximum Gasteiger partial charge on any atom is 0.363 e. The van der Waals surface area contributed by atoms with Crippen LogP contribution in [0.2, 0.25) is 0 Å². The number of nitrogens with zero attached hydrogens (tertiary/aromatic N) is 4. The van der Waals surface area contributed by atoms with Crippen LogP contribution in [0.1, 0.15) is 32.0 Å². The van der Waals surface area contributed by atoms with E-state index in [9.17, 15) is 4.79 Å². The molecule has 0 unspecified atom stereocenters. The molecule has 20 heavy (non-hydrogen) atoms. The molecule has 0 radical (unpaired) electrons. The zero-order valence-electron chi connectivity index (χ0n) is 11.6. The number of anilines is 1. The van der Waals surface area contributed by atoms with Gasteiger partial charge >= 0.3 is 5.69 Å². The zero-order chi connectivity index (χ0) is 14.6. The van der Waals surface area contributed by atoms with Crippen LogP contribution in [-0.4, -0.2) is 26.4 Å². The number of hydrogen-bond donors (Lipinski definition) is 2. The molecule has 0 aromatic carbocycles. The fraction of sp³-hybridized carbons (Fsp3) is 0.308. The number of aromatic nitrogens is 4. The maximum atomic E-state index is 11.3. The minimum Gasteiger partial charge on any atom is -0.264 e. The van der Waals surface area contributed by atoms with E-state index >= 15 is 0 Å². The maximum absolute atomic E-state index is 11.3. The average Bonchev–Trinajstić information content (AvgIpc) is 2.38. The van der Waals surface area contributed by atoms with Crippen LogP contribution in [0.25, 0.3) is 0 Å². The smallest absolute Gasteiger partial charge is 0.264 e. The second-order valence-corrected chi connectivity index (χ2v) is 5.24. The molecule has 0 amide bonds. The Balaban J connectivity index is 2.23. The van der Waals surface area contributed by atoms with Gasteiger partial charge in [-0.25, -0.2) is 9.89 Å². The van der Waals surface area contributed by atoms with Gasteiger partial charge < -0.3 is 0 Å². The minimum atomic E-state index is -0.517. The summed E-state index contributed by atoms with van der Waals surface area (Å²) in [6.07, 6.45) is 4.96. The average molecular weight is 272 g/mol. The highest BCUT2D eigenvalue weighted by Gasteiger charge is 2.21. The molecule has 0 saturated heterocycles. The van der Waals surface area contributed by atoms with Crippen molar-refractivity contribution in [1.29, 1.82) is 0 Å². The van der Waals surface area contributed by atoms with Gasteiger partial charge in [-0.15, -0.1) is 0 Å². The Hall–Kier alpha value is -2.57. The Bertz CT molecular complexity index is 657. The summed E-state index contributed by atoms with van der Waals surface area (Å²) < 4.78 is 0. The first-order chi connectivity index (χ1) is 9.47. The Morgan fingerprint density at radius 1 is 1.40 bits per heavy atom. The molecule has 0 fully saturated rings. The van der Waals surface area contributed by atoms with Crippen molar-refractivity contribution in [2.45, 2.75) is 26.2 Å². The molecular weight excluding hydrogens is 256 g/mol. The second-order valence-electron chi connectivity index (χ2n) is 5.24. The van der Waals surface area contributed by atoms with Crippen molar-refractivity contribution in [3.63, 3.8) is 0 Å². The molecule has 0 bridgehead atoms. The Morgan fingerprint density at radius 2 is 2.20 bits per heavy atom. The van der Waals surface area contributed by atoms with E-state index in [0.717, 1.165) is 5.56 Å². The first kappa shape index (κ1) is 13.9. The fourth-order valence-corrected chi connectivity index (χ4v) is 1.56. The van der Waals surface area contributed by atoms with Crippen molar-refractivity contribution in [3.8, 4) is 0 Å². The van der Waals surface area contributed by atoms with Gasteiger partial charge in [0.2, 0.25) is 0 Å². The van der Waals surface area contributed by atoms with E-state index < -0.39 is 5.69 Å². The van der Waals surface area contributed by atoms with Crippen molar-refractivity contribution in [1.82, 2.24) is 20.2 Å². The summed E-state index contributed by atoms with van der Waals surface area (Å²) in [4.78, 5) is 19.1. The van der Waals surface area contributed by atoms with E-state index in [2.05, 4.69) is 30.7 Å². The molecule has 0 saturated carbocycles. The van der Waals surface area contributed by atoms with Crippen LogP contribution < -0.4 is 11.1 Å². The number of pyridine rings is 1. The van der Waals surface area contributed by atoms with Crippen molar-refractivity contribution >= 4 is 12.0 Å². The molecular formula is C13H16N6O. The third-order valence-corrected chi connectivity index (χ3v) is 2.48. The molecule has 2 rings (SSSR count). The van der Waals surface area contributed by atoms with Crippen LogP contribution in [0, 0.1) is 0 Å². The third kappa shape index (κ3) is 3.47. The standard InChI is InChI=1S/C13H16N6O/c1-13(2,3)10-11(16-12(20)19-17-10)18-15-8-9-5-4-6-14-7-9/h4-8H,1-3H3,(H2,16,18,19,20)/b15-8+. The molecule has 2 aromatic rings. The summed E-state index contributed by atoms with van der Waals surface area (Å²) in [5, 5.41) is 10.4. The van der Waals surface area contributed by atoms with Gasteiger partial charge in [-0.1, -0.05) is 26.8 Å². The number of rotatable bonds is 3. The summed E-state index contributed by atoms with van der Waals surface area (Å²) in [5.41, 5.74) is 3.46. The molecule has 2 aromatic heterocycles. The SMILES string of the molecule is CC(C)(C)c1n[nH]c(=O)nc1N/N=C/c1cccnc1. The molecule has 0 spiro atoms. The fourth-order valence-electron chi connectivity index (χ4n) is 1.56. The number of hydrazone groups is 1. The summed E-state index contributed by atoms with van der Waals surface area (Å²) in [7, 11) is 0. The zero-order valence-corrected chi connectivity index (χ0v) is 11.6. The normalized spacial score (nSPS) is 11.8. The van der Waals surface area contributed by atoms with E-state index in [1.807, 2.05) is 32.9 Å². The van der Waals surface area contributed by atoms with Gasteiger partial charge in [-0.3, -0.25) is 10.4 Å². The molecule has 2 heterocycles. The van der Waals surface area contributed by atoms with Gasteiger partial charge in [0, 0.05) is 23.4 Å². The quantitative estimate of drug-likeness (QED) is 0.648. The highest BCUT2D eigenvalue weighted by molar-refractivity contribution is 5.79. The largest absolute Gasteiger partial charge is 0.363 e. The molecule has 104 valence electrons. The highest BCUT2D eigenvalue weighted by atomic mass is 16.1. The molecule has 0 aliphatic carbocycles. The van der Waals surface area contributed by atoms with Crippen molar-refractivity contribution < 1.29 is 0 Å². The Labute approximate surface area is 116 Å². The predicted molar refractivity (Wildman–Crippen MR) is 76.8 cm³/mol. The van der Waals surface area contributed by atoms with Crippen LogP contribution in [0.15, 0.2) is 34.4 Å². The van der Waals surface area contributed by atoms with E-state index in [1.165, 1.54) is 0 Å². The number of H-pyrrole nitrogens is 1. The van der Waals surface area contributed by atoms with Crippen molar-refractivity contribution in [3.05, 3.63) is 46.3 Å². The number of hydrogen-bond acceptors (Lipinski definition) is 6. The van der Waals surface area contributed by atoms with Crippen LogP contribution in [-0.2, 0) is 5.41 Å². The van der Waals surface area contributed by atoms with Crippen molar-refractivity contribution in [2.24, 2.45) is 5.10 Å². The van der Waals surface area contributed by atoms with Gasteiger partial charge in [-0.2, -0.15) is 15.2 Å². The van der Waals surface area contributed by atoms with Crippen LogP contribution in [0.4, 0.5) is 5.82 Å². The lowest BCUT2D eigenvalue weighted by atomic mass is 9.92. The van der Waals surface area contributed by atoms with Crippen LogP contribution in [0.3, 0.4) is 0 Å². The number of nitrogens with one attached hydrogen (secondary N) is 2. The minimum absolute atomic E-state index is 0.261. The van der Waals surface area contributed by atoms with Gasteiger partial charge in [0.05, 0.1) is 6.21 Å². The van der Waals surface area contributed by atoms with Gasteiger partial charge in [-0.05, 0) is 6.07 Å². The monoisotopic (exact) mass is 272 g/mol. The number of aromatic amines is 1. The van der Waals surface area contributed by atoms with Gasteiger partial charge in [0.1, 0.15) is 5.69 Å². The van der Waals surface area contributed by atoms with E-state index in [1.54, 1.807) is 18.6 Å². The topological polar surface area (TPSA) is 95.9 Å². The van der Waals surface area contributed by atoms with Crippen LogP contribution >= 0.6 is 0 Å². The summed E-state index contributed by atoms with van der Waals surface area (Å²) >= 11 is 0. The summed E-state index contributed by atoms with van der Waals surface area (Å²) in [6.45, 7) is 5.93. The molecule has 0 aliphatic rings. The molecule has 7 nitrogen and oxygen atoms in total. The summed E-state index contributed by atoms with van der Waals surface area (Å²) in [5.74, 6) is 0.349. The van der Waals surface area contributed by atoms with Crippen LogP contribution in [0.5, 0.6) is 0 Å². The lowest BCUT2D eigenvalue weighted by molar-refractivity contribution is 0.553. The molecule has 2 N–H and O–H groups in total. The molecule has 0 aliphatic heterocycles. The van der Waals surface area contributed by atoms with Gasteiger partial charge in [0.25, 0.3) is 0 Å². The lowest BCUT2D eigenvalue weighted by Crippen LogP contribution is -2.24.